The van der Waals surface area contributed by atoms with E-state index >= 15 is 0 Å². The summed E-state index contributed by atoms with van der Waals surface area (Å²) in [6, 6.07) is 12.3. The quantitative estimate of drug-likeness (QED) is 0.574. The van der Waals surface area contributed by atoms with E-state index in [1.165, 1.54) is 4.31 Å². The van der Waals surface area contributed by atoms with Crippen molar-refractivity contribution in [2.75, 3.05) is 27.3 Å². The number of piperidine rings is 1. The van der Waals surface area contributed by atoms with Crippen LogP contribution in [0.15, 0.2) is 51.9 Å². The summed E-state index contributed by atoms with van der Waals surface area (Å²) < 4.78 is 43.4. The third-order valence-electron chi connectivity index (χ3n) is 5.51. The molecule has 1 saturated heterocycles. The predicted molar refractivity (Wildman–Crippen MR) is 115 cm³/mol. The molecule has 0 atom stereocenters. The number of aromatic nitrogens is 2. The van der Waals surface area contributed by atoms with Crippen LogP contribution in [-0.2, 0) is 10.0 Å². The first-order chi connectivity index (χ1) is 14.9. The van der Waals surface area contributed by atoms with Crippen molar-refractivity contribution in [3.63, 3.8) is 0 Å². The van der Waals surface area contributed by atoms with Crippen LogP contribution in [0.3, 0.4) is 0 Å². The number of aryl methyl sites for hydroxylation is 1. The molecule has 8 nitrogen and oxygen atoms in total. The average Bonchev–Trinajstić information content (AvgIpc) is 3.29. The molecule has 0 saturated carbocycles. The Balaban J connectivity index is 1.47. The van der Waals surface area contributed by atoms with Gasteiger partial charge in [0.25, 0.3) is 0 Å². The monoisotopic (exact) mass is 443 g/mol. The minimum atomic E-state index is -3.50. The second-order valence-corrected chi connectivity index (χ2v) is 9.49. The second kappa shape index (κ2) is 8.68. The van der Waals surface area contributed by atoms with Crippen LogP contribution in [0, 0.1) is 6.92 Å². The summed E-state index contributed by atoms with van der Waals surface area (Å²) in [4.78, 5) is 4.88. The molecule has 1 aliphatic heterocycles. The molecule has 0 spiro atoms. The standard InChI is InChI=1S/C22H25N3O5S/c1-15-4-6-20(7-5-15)31(26,27)25-10-8-16(9-11-25)22-23-21(24-30-22)17-12-18(28-2)14-19(13-17)29-3/h4-7,12-14,16H,8-11H2,1-3H3. The van der Waals surface area contributed by atoms with Crippen LogP contribution in [0.25, 0.3) is 11.4 Å². The van der Waals surface area contributed by atoms with Crippen molar-refractivity contribution in [3.8, 4) is 22.9 Å². The lowest BCUT2D eigenvalue weighted by molar-refractivity contribution is 0.271. The van der Waals surface area contributed by atoms with E-state index in [4.69, 9.17) is 14.0 Å². The molecule has 31 heavy (non-hydrogen) atoms. The summed E-state index contributed by atoms with van der Waals surface area (Å²) in [7, 11) is -0.335. The zero-order valence-electron chi connectivity index (χ0n) is 17.7. The molecule has 0 aliphatic carbocycles. The Morgan fingerprint density at radius 2 is 1.61 bits per heavy atom. The molecule has 4 rings (SSSR count). The lowest BCUT2D eigenvalue weighted by Crippen LogP contribution is -2.37. The third-order valence-corrected chi connectivity index (χ3v) is 7.43. The zero-order chi connectivity index (χ0) is 22.0. The molecule has 1 aliphatic rings. The molecule has 9 heteroatoms. The summed E-state index contributed by atoms with van der Waals surface area (Å²) >= 11 is 0. The van der Waals surface area contributed by atoms with Crippen molar-refractivity contribution in [1.29, 1.82) is 0 Å². The number of hydrogen-bond acceptors (Lipinski definition) is 7. The number of sulfonamides is 1. The summed E-state index contributed by atoms with van der Waals surface area (Å²) in [6.45, 7) is 2.75. The maximum atomic E-state index is 12.9. The van der Waals surface area contributed by atoms with E-state index in [0.29, 0.717) is 54.0 Å². The Bertz CT molecular complexity index is 1130. The van der Waals surface area contributed by atoms with E-state index < -0.39 is 10.0 Å². The smallest absolute Gasteiger partial charge is 0.243 e. The van der Waals surface area contributed by atoms with Crippen LogP contribution in [-0.4, -0.2) is 50.2 Å². The van der Waals surface area contributed by atoms with Gasteiger partial charge in [-0.3, -0.25) is 0 Å². The van der Waals surface area contributed by atoms with E-state index in [9.17, 15) is 8.42 Å². The first-order valence-electron chi connectivity index (χ1n) is 10.0. The van der Waals surface area contributed by atoms with Gasteiger partial charge in [-0.25, -0.2) is 8.42 Å². The van der Waals surface area contributed by atoms with Gasteiger partial charge in [0.1, 0.15) is 11.5 Å². The molecule has 0 bridgehead atoms. The third kappa shape index (κ3) is 4.42. The van der Waals surface area contributed by atoms with Crippen LogP contribution in [0.5, 0.6) is 11.5 Å². The fourth-order valence-electron chi connectivity index (χ4n) is 3.66. The molecule has 1 fully saturated rings. The van der Waals surface area contributed by atoms with Crippen LogP contribution in [0.2, 0.25) is 0 Å². The minimum Gasteiger partial charge on any atom is -0.497 e. The Labute approximate surface area is 181 Å². The maximum Gasteiger partial charge on any atom is 0.243 e. The maximum absolute atomic E-state index is 12.9. The van der Waals surface area contributed by atoms with Gasteiger partial charge < -0.3 is 14.0 Å². The lowest BCUT2D eigenvalue weighted by Gasteiger charge is -2.29. The topological polar surface area (TPSA) is 94.8 Å². The first kappa shape index (κ1) is 21.3. The molecule has 164 valence electrons. The highest BCUT2D eigenvalue weighted by molar-refractivity contribution is 7.89. The largest absolute Gasteiger partial charge is 0.497 e. The molecule has 0 radical (unpaired) electrons. The fraction of sp³-hybridized carbons (Fsp3) is 0.364. The van der Waals surface area contributed by atoms with E-state index in [0.717, 1.165) is 11.1 Å². The number of nitrogens with zero attached hydrogens (tertiary/aromatic N) is 3. The molecule has 3 aromatic rings. The second-order valence-electron chi connectivity index (χ2n) is 7.55. The van der Waals surface area contributed by atoms with Crippen LogP contribution in [0.1, 0.15) is 30.2 Å². The fourth-order valence-corrected chi connectivity index (χ4v) is 5.13. The van der Waals surface area contributed by atoms with Crippen molar-refractivity contribution in [3.05, 3.63) is 53.9 Å². The summed E-state index contributed by atoms with van der Waals surface area (Å²) in [5, 5.41) is 4.11. The summed E-state index contributed by atoms with van der Waals surface area (Å²) in [6.07, 6.45) is 1.24. The van der Waals surface area contributed by atoms with Gasteiger partial charge in [-0.05, 0) is 44.0 Å². The van der Waals surface area contributed by atoms with Gasteiger partial charge in [0.2, 0.25) is 21.7 Å². The Hall–Kier alpha value is -2.91. The number of ether oxygens (including phenoxy) is 2. The Morgan fingerprint density at radius 3 is 2.19 bits per heavy atom. The van der Waals surface area contributed by atoms with Gasteiger partial charge in [-0.15, -0.1) is 0 Å². The van der Waals surface area contributed by atoms with Crippen LogP contribution < -0.4 is 9.47 Å². The van der Waals surface area contributed by atoms with Gasteiger partial charge in [0.15, 0.2) is 0 Å². The Morgan fingerprint density at radius 1 is 1.00 bits per heavy atom. The predicted octanol–water partition coefficient (Wildman–Crippen LogP) is 3.63. The van der Waals surface area contributed by atoms with Gasteiger partial charge in [0.05, 0.1) is 19.1 Å². The SMILES string of the molecule is COc1cc(OC)cc(-c2noc(C3CCN(S(=O)(=O)c4ccc(C)cc4)CC3)n2)c1. The highest BCUT2D eigenvalue weighted by Crippen LogP contribution is 2.33. The molecule has 2 aromatic carbocycles. The average molecular weight is 444 g/mol. The van der Waals surface area contributed by atoms with E-state index in [1.54, 1.807) is 32.4 Å². The Kier molecular flexibility index (Phi) is 5.97. The van der Waals surface area contributed by atoms with Gasteiger partial charge in [0, 0.05) is 30.6 Å². The highest BCUT2D eigenvalue weighted by atomic mass is 32.2. The van der Waals surface area contributed by atoms with Gasteiger partial charge in [-0.2, -0.15) is 9.29 Å². The molecule has 0 unspecified atom stereocenters. The normalized spacial score (nSPS) is 15.7. The van der Waals surface area contributed by atoms with Crippen molar-refractivity contribution in [1.82, 2.24) is 14.4 Å². The van der Waals surface area contributed by atoms with E-state index in [1.807, 2.05) is 31.2 Å². The van der Waals surface area contributed by atoms with E-state index in [2.05, 4.69) is 10.1 Å². The molecular weight excluding hydrogens is 418 g/mol. The molecular formula is C22H25N3O5S. The number of hydrogen-bond donors (Lipinski definition) is 0. The number of rotatable bonds is 6. The number of methoxy groups -OCH3 is 2. The highest BCUT2D eigenvalue weighted by Gasteiger charge is 2.32. The molecule has 0 amide bonds. The summed E-state index contributed by atoms with van der Waals surface area (Å²) in [5.41, 5.74) is 1.75. The van der Waals surface area contributed by atoms with Crippen molar-refractivity contribution in [2.24, 2.45) is 0 Å². The van der Waals surface area contributed by atoms with E-state index in [-0.39, 0.29) is 5.92 Å². The molecule has 2 heterocycles. The van der Waals surface area contributed by atoms with Crippen LogP contribution >= 0.6 is 0 Å². The van der Waals surface area contributed by atoms with Gasteiger partial charge in [-0.1, -0.05) is 22.9 Å². The van der Waals surface area contributed by atoms with Gasteiger partial charge >= 0.3 is 0 Å². The van der Waals surface area contributed by atoms with Crippen LogP contribution in [0.4, 0.5) is 0 Å². The molecule has 0 N–H and O–H groups in total. The minimum absolute atomic E-state index is 0.0122. The summed E-state index contributed by atoms with van der Waals surface area (Å²) in [5.74, 6) is 2.25. The zero-order valence-corrected chi connectivity index (χ0v) is 18.6. The van der Waals surface area contributed by atoms with Crippen molar-refractivity contribution < 1.29 is 22.4 Å². The van der Waals surface area contributed by atoms with Crippen molar-refractivity contribution >= 4 is 10.0 Å². The number of benzene rings is 2. The first-order valence-corrected chi connectivity index (χ1v) is 11.5. The lowest BCUT2D eigenvalue weighted by atomic mass is 9.98. The molecule has 1 aromatic heterocycles. The van der Waals surface area contributed by atoms with Crippen molar-refractivity contribution in [2.45, 2.75) is 30.6 Å².